The summed E-state index contributed by atoms with van der Waals surface area (Å²) in [6.45, 7) is 3.13. The number of anilines is 1. The van der Waals surface area contributed by atoms with Crippen LogP contribution in [0.3, 0.4) is 0 Å². The highest BCUT2D eigenvalue weighted by Gasteiger charge is 2.15. The first-order chi connectivity index (χ1) is 11.9. The quantitative estimate of drug-likeness (QED) is 0.835. The molecule has 130 valence electrons. The zero-order chi connectivity index (χ0) is 18.4. The zero-order valence-corrected chi connectivity index (χ0v) is 13.8. The normalized spacial score (nSPS) is 10.0. The van der Waals surface area contributed by atoms with E-state index in [0.29, 0.717) is 5.69 Å². The highest BCUT2D eigenvalue weighted by atomic mass is 19.1. The summed E-state index contributed by atoms with van der Waals surface area (Å²) in [5.74, 6) is -2.56. The summed E-state index contributed by atoms with van der Waals surface area (Å²) >= 11 is 0. The van der Waals surface area contributed by atoms with E-state index in [0.717, 1.165) is 17.2 Å². The molecule has 0 bridgehead atoms. The number of imide groups is 1. The second-order valence-corrected chi connectivity index (χ2v) is 5.36. The summed E-state index contributed by atoms with van der Waals surface area (Å²) in [5, 5.41) is 4.52. The molecule has 7 heteroatoms. The minimum atomic E-state index is -0.984. The van der Waals surface area contributed by atoms with Gasteiger partial charge in [0.15, 0.2) is 6.61 Å². The van der Waals surface area contributed by atoms with Crippen LogP contribution >= 0.6 is 0 Å². The Labute approximate surface area is 144 Å². The summed E-state index contributed by atoms with van der Waals surface area (Å²) < 4.78 is 18.1. The number of aryl methyl sites for hydroxylation is 2. The molecule has 0 radical (unpaired) electrons. The molecular formula is C18H17FN2O4. The van der Waals surface area contributed by atoms with Crippen LogP contribution < -0.4 is 10.6 Å². The molecule has 0 heterocycles. The number of halogens is 1. The second-order valence-electron chi connectivity index (χ2n) is 5.36. The third kappa shape index (κ3) is 5.13. The van der Waals surface area contributed by atoms with E-state index in [1.165, 1.54) is 18.2 Å². The van der Waals surface area contributed by atoms with E-state index >= 15 is 0 Å². The van der Waals surface area contributed by atoms with Crippen molar-refractivity contribution in [2.75, 3.05) is 11.9 Å². The second kappa shape index (κ2) is 8.05. The first-order valence-electron chi connectivity index (χ1n) is 7.46. The molecule has 0 spiro atoms. The number of carbonyl (C=O) groups excluding carboxylic acids is 3. The monoisotopic (exact) mass is 344 g/mol. The van der Waals surface area contributed by atoms with Gasteiger partial charge in [0.25, 0.3) is 5.91 Å². The number of esters is 1. The van der Waals surface area contributed by atoms with Crippen LogP contribution in [0.4, 0.5) is 14.9 Å². The highest BCUT2D eigenvalue weighted by molar-refractivity contribution is 6.02. The van der Waals surface area contributed by atoms with E-state index < -0.39 is 30.3 Å². The Bertz CT molecular complexity index is 820. The molecular weight excluding hydrogens is 327 g/mol. The maximum atomic E-state index is 13.4. The molecule has 0 aliphatic heterocycles. The Morgan fingerprint density at radius 2 is 1.76 bits per heavy atom. The van der Waals surface area contributed by atoms with Crippen molar-refractivity contribution in [2.45, 2.75) is 13.8 Å². The summed E-state index contributed by atoms with van der Waals surface area (Å²) in [6, 6.07) is 9.78. The molecule has 2 aromatic rings. The van der Waals surface area contributed by atoms with Gasteiger partial charge in [-0.1, -0.05) is 18.2 Å². The van der Waals surface area contributed by atoms with Crippen molar-refractivity contribution in [2.24, 2.45) is 0 Å². The molecule has 0 saturated carbocycles. The zero-order valence-electron chi connectivity index (χ0n) is 13.8. The number of carbonyl (C=O) groups is 3. The van der Waals surface area contributed by atoms with Gasteiger partial charge < -0.3 is 10.1 Å². The number of urea groups is 1. The summed E-state index contributed by atoms with van der Waals surface area (Å²) in [7, 11) is 0. The first kappa shape index (κ1) is 18.1. The van der Waals surface area contributed by atoms with Gasteiger partial charge in [0, 0.05) is 5.69 Å². The molecule has 2 aromatic carbocycles. The molecule has 0 unspecified atom stereocenters. The fourth-order valence-corrected chi connectivity index (χ4v) is 1.98. The van der Waals surface area contributed by atoms with Gasteiger partial charge in [0.1, 0.15) is 5.82 Å². The van der Waals surface area contributed by atoms with Crippen molar-refractivity contribution in [3.05, 3.63) is 65.0 Å². The SMILES string of the molecule is Cc1ccc(NC(=O)NC(=O)COC(=O)c2ccccc2F)cc1C. The number of rotatable bonds is 4. The van der Waals surface area contributed by atoms with Crippen molar-refractivity contribution in [1.29, 1.82) is 0 Å². The molecule has 2 N–H and O–H groups in total. The lowest BCUT2D eigenvalue weighted by Crippen LogP contribution is -2.37. The lowest BCUT2D eigenvalue weighted by atomic mass is 10.1. The maximum absolute atomic E-state index is 13.4. The summed E-state index contributed by atoms with van der Waals surface area (Å²) in [5.41, 5.74) is 2.30. The third-order valence-corrected chi connectivity index (χ3v) is 3.45. The van der Waals surface area contributed by atoms with E-state index in [4.69, 9.17) is 0 Å². The number of nitrogens with one attached hydrogen (secondary N) is 2. The number of hydrogen-bond donors (Lipinski definition) is 2. The topological polar surface area (TPSA) is 84.5 Å². The number of benzene rings is 2. The molecule has 0 aliphatic carbocycles. The van der Waals surface area contributed by atoms with Crippen molar-refractivity contribution in [1.82, 2.24) is 5.32 Å². The third-order valence-electron chi connectivity index (χ3n) is 3.45. The summed E-state index contributed by atoms with van der Waals surface area (Å²) in [4.78, 5) is 35.1. The van der Waals surface area contributed by atoms with Crippen LogP contribution in [0.1, 0.15) is 21.5 Å². The Morgan fingerprint density at radius 1 is 1.04 bits per heavy atom. The van der Waals surface area contributed by atoms with Gasteiger partial charge in [-0.05, 0) is 49.2 Å². The van der Waals surface area contributed by atoms with E-state index in [2.05, 4.69) is 10.1 Å². The lowest BCUT2D eigenvalue weighted by Gasteiger charge is -2.09. The van der Waals surface area contributed by atoms with Crippen molar-refractivity contribution >= 4 is 23.6 Å². The molecule has 0 saturated heterocycles. The van der Waals surface area contributed by atoms with Crippen molar-refractivity contribution in [3.8, 4) is 0 Å². The average molecular weight is 344 g/mol. The van der Waals surface area contributed by atoms with Gasteiger partial charge >= 0.3 is 12.0 Å². The minimum absolute atomic E-state index is 0.283. The standard InChI is InChI=1S/C18H17FN2O4/c1-11-7-8-13(9-12(11)2)20-18(24)21-16(22)10-25-17(23)14-5-3-4-6-15(14)19/h3-9H,10H2,1-2H3,(H2,20,21,22,24). The fourth-order valence-electron chi connectivity index (χ4n) is 1.98. The van der Waals surface area contributed by atoms with Crippen LogP contribution in [0.2, 0.25) is 0 Å². The molecule has 6 nitrogen and oxygen atoms in total. The maximum Gasteiger partial charge on any atom is 0.341 e. The van der Waals surface area contributed by atoms with E-state index in [9.17, 15) is 18.8 Å². The van der Waals surface area contributed by atoms with Gasteiger partial charge in [0.05, 0.1) is 5.56 Å². The smallest absolute Gasteiger partial charge is 0.341 e. The van der Waals surface area contributed by atoms with Crippen LogP contribution in [0.5, 0.6) is 0 Å². The molecule has 0 aliphatic rings. The number of hydrogen-bond acceptors (Lipinski definition) is 4. The first-order valence-corrected chi connectivity index (χ1v) is 7.46. The average Bonchev–Trinajstić information content (AvgIpc) is 2.56. The largest absolute Gasteiger partial charge is 0.452 e. The van der Waals surface area contributed by atoms with Gasteiger partial charge in [0.2, 0.25) is 0 Å². The van der Waals surface area contributed by atoms with Gasteiger partial charge in [-0.15, -0.1) is 0 Å². The van der Waals surface area contributed by atoms with E-state index in [1.54, 1.807) is 12.1 Å². The van der Waals surface area contributed by atoms with Crippen molar-refractivity contribution < 1.29 is 23.5 Å². The molecule has 0 atom stereocenters. The Kier molecular flexibility index (Phi) is 5.84. The molecule has 0 fully saturated rings. The van der Waals surface area contributed by atoms with Crippen molar-refractivity contribution in [3.63, 3.8) is 0 Å². The van der Waals surface area contributed by atoms with Crippen LogP contribution in [-0.2, 0) is 9.53 Å². The van der Waals surface area contributed by atoms with Crippen LogP contribution in [0, 0.1) is 19.7 Å². The Morgan fingerprint density at radius 3 is 2.44 bits per heavy atom. The number of ether oxygens (including phenoxy) is 1. The van der Waals surface area contributed by atoms with Crippen LogP contribution in [0.25, 0.3) is 0 Å². The van der Waals surface area contributed by atoms with Gasteiger partial charge in [-0.3, -0.25) is 10.1 Å². The van der Waals surface area contributed by atoms with E-state index in [-0.39, 0.29) is 5.56 Å². The molecule has 3 amide bonds. The van der Waals surface area contributed by atoms with Gasteiger partial charge in [-0.25, -0.2) is 14.0 Å². The minimum Gasteiger partial charge on any atom is -0.452 e. The Balaban J connectivity index is 1.83. The molecule has 0 aromatic heterocycles. The Hall–Kier alpha value is -3.22. The predicted octanol–water partition coefficient (Wildman–Crippen LogP) is 2.95. The van der Waals surface area contributed by atoms with Gasteiger partial charge in [-0.2, -0.15) is 0 Å². The predicted molar refractivity (Wildman–Crippen MR) is 89.8 cm³/mol. The van der Waals surface area contributed by atoms with E-state index in [1.807, 2.05) is 25.2 Å². The number of amides is 3. The fraction of sp³-hybridized carbons (Fsp3) is 0.167. The van der Waals surface area contributed by atoms with Crippen LogP contribution in [-0.4, -0.2) is 24.5 Å². The summed E-state index contributed by atoms with van der Waals surface area (Å²) in [6.07, 6.45) is 0. The highest BCUT2D eigenvalue weighted by Crippen LogP contribution is 2.13. The lowest BCUT2D eigenvalue weighted by molar-refractivity contribution is -0.123. The van der Waals surface area contributed by atoms with Crippen LogP contribution in [0.15, 0.2) is 42.5 Å². The molecule has 25 heavy (non-hydrogen) atoms. The molecule has 2 rings (SSSR count).